The van der Waals surface area contributed by atoms with Gasteiger partial charge in [-0.2, -0.15) is 0 Å². The first kappa shape index (κ1) is 12.2. The Morgan fingerprint density at radius 3 is 2.28 bits per heavy atom. The van der Waals surface area contributed by atoms with Gasteiger partial charge in [-0.15, -0.1) is 0 Å². The van der Waals surface area contributed by atoms with Gasteiger partial charge in [-0.25, -0.2) is 4.79 Å². The molecule has 0 atom stereocenters. The number of carboxylic acid groups (broad SMARTS) is 1. The van der Waals surface area contributed by atoms with Gasteiger partial charge >= 0.3 is 5.97 Å². The van der Waals surface area contributed by atoms with Crippen LogP contribution < -0.4 is 5.32 Å². The van der Waals surface area contributed by atoms with Crippen molar-refractivity contribution in [3.05, 3.63) is 53.6 Å². The third-order valence-corrected chi connectivity index (χ3v) is 2.85. The minimum absolute atomic E-state index is 0.289. The molecule has 0 heterocycles. The molecule has 3 nitrogen and oxygen atoms in total. The fraction of sp³-hybridized carbons (Fsp3) is 0.133. The predicted molar refractivity (Wildman–Crippen MR) is 73.1 cm³/mol. The molecule has 0 radical (unpaired) electrons. The molecular weight excluding hydrogens is 226 g/mol. The summed E-state index contributed by atoms with van der Waals surface area (Å²) in [5.74, 6) is -0.916. The summed E-state index contributed by atoms with van der Waals surface area (Å²) in [6.07, 6.45) is 0. The molecule has 2 N–H and O–H groups in total. The van der Waals surface area contributed by atoms with Gasteiger partial charge < -0.3 is 10.4 Å². The SMILES string of the molecule is CNc1cc(C(=O)O)cc(-c2ccc(C)cc2)c1. The molecule has 0 aliphatic carbocycles. The summed E-state index contributed by atoms with van der Waals surface area (Å²) in [6, 6.07) is 13.3. The monoisotopic (exact) mass is 241 g/mol. The predicted octanol–water partition coefficient (Wildman–Crippen LogP) is 3.40. The number of rotatable bonds is 3. The van der Waals surface area contributed by atoms with E-state index in [1.165, 1.54) is 5.56 Å². The first-order valence-corrected chi connectivity index (χ1v) is 5.73. The molecular formula is C15H15NO2. The minimum atomic E-state index is -0.916. The normalized spacial score (nSPS) is 10.1. The molecule has 0 aliphatic heterocycles. The average Bonchev–Trinajstić information content (AvgIpc) is 2.39. The lowest BCUT2D eigenvalue weighted by molar-refractivity contribution is 0.0697. The third kappa shape index (κ3) is 2.51. The Labute approximate surface area is 106 Å². The molecule has 92 valence electrons. The highest BCUT2D eigenvalue weighted by molar-refractivity contribution is 5.91. The standard InChI is InChI=1S/C15H15NO2/c1-10-3-5-11(6-4-10)12-7-13(15(17)18)9-14(8-12)16-2/h3-9,16H,1-2H3,(H,17,18). The smallest absolute Gasteiger partial charge is 0.335 e. The number of nitrogens with one attached hydrogen (secondary N) is 1. The molecule has 0 fully saturated rings. The van der Waals surface area contributed by atoms with E-state index >= 15 is 0 Å². The third-order valence-electron chi connectivity index (χ3n) is 2.85. The van der Waals surface area contributed by atoms with Gasteiger partial charge in [-0.05, 0) is 36.2 Å². The topological polar surface area (TPSA) is 49.3 Å². The van der Waals surface area contributed by atoms with E-state index in [4.69, 9.17) is 5.11 Å². The lowest BCUT2D eigenvalue weighted by atomic mass is 10.0. The molecule has 0 saturated heterocycles. The van der Waals surface area contributed by atoms with Gasteiger partial charge in [0.1, 0.15) is 0 Å². The maximum atomic E-state index is 11.1. The van der Waals surface area contributed by atoms with E-state index in [2.05, 4.69) is 5.32 Å². The zero-order chi connectivity index (χ0) is 13.1. The molecule has 18 heavy (non-hydrogen) atoms. The van der Waals surface area contributed by atoms with E-state index in [-0.39, 0.29) is 5.56 Å². The van der Waals surface area contributed by atoms with Crippen LogP contribution in [0.4, 0.5) is 5.69 Å². The van der Waals surface area contributed by atoms with Gasteiger partial charge in [0, 0.05) is 12.7 Å². The van der Waals surface area contributed by atoms with Crippen LogP contribution in [0, 0.1) is 6.92 Å². The minimum Gasteiger partial charge on any atom is -0.478 e. The first-order chi connectivity index (χ1) is 8.60. The van der Waals surface area contributed by atoms with Crippen molar-refractivity contribution in [1.82, 2.24) is 0 Å². The second kappa shape index (κ2) is 4.92. The number of anilines is 1. The van der Waals surface area contributed by atoms with Crippen LogP contribution in [0.2, 0.25) is 0 Å². The summed E-state index contributed by atoms with van der Waals surface area (Å²) in [7, 11) is 1.78. The Morgan fingerprint density at radius 2 is 1.72 bits per heavy atom. The van der Waals surface area contributed by atoms with E-state index in [9.17, 15) is 4.79 Å². The van der Waals surface area contributed by atoms with Crippen molar-refractivity contribution in [2.45, 2.75) is 6.92 Å². The largest absolute Gasteiger partial charge is 0.478 e. The molecule has 0 saturated carbocycles. The Morgan fingerprint density at radius 1 is 1.06 bits per heavy atom. The number of aryl methyl sites for hydroxylation is 1. The average molecular weight is 241 g/mol. The van der Waals surface area contributed by atoms with Gasteiger partial charge in [0.15, 0.2) is 0 Å². The zero-order valence-corrected chi connectivity index (χ0v) is 10.4. The van der Waals surface area contributed by atoms with Crippen molar-refractivity contribution in [2.24, 2.45) is 0 Å². The van der Waals surface area contributed by atoms with Crippen molar-refractivity contribution in [1.29, 1.82) is 0 Å². The molecule has 2 aromatic rings. The van der Waals surface area contributed by atoms with Crippen LogP contribution in [-0.2, 0) is 0 Å². The molecule has 3 heteroatoms. The summed E-state index contributed by atoms with van der Waals surface area (Å²) in [4.78, 5) is 11.1. The fourth-order valence-corrected chi connectivity index (χ4v) is 1.81. The maximum absolute atomic E-state index is 11.1. The van der Waals surface area contributed by atoms with E-state index in [0.29, 0.717) is 0 Å². The summed E-state index contributed by atoms with van der Waals surface area (Å²) in [6.45, 7) is 2.02. The van der Waals surface area contributed by atoms with Crippen molar-refractivity contribution in [2.75, 3.05) is 12.4 Å². The van der Waals surface area contributed by atoms with Crippen LogP contribution in [-0.4, -0.2) is 18.1 Å². The summed E-state index contributed by atoms with van der Waals surface area (Å²) in [5, 5.41) is 12.1. The summed E-state index contributed by atoms with van der Waals surface area (Å²) in [5.41, 5.74) is 4.18. The Bertz CT molecular complexity index is 574. The summed E-state index contributed by atoms with van der Waals surface area (Å²) < 4.78 is 0. The number of hydrogen-bond acceptors (Lipinski definition) is 2. The van der Waals surface area contributed by atoms with Crippen molar-refractivity contribution >= 4 is 11.7 Å². The molecule has 0 unspecified atom stereocenters. The van der Waals surface area contributed by atoms with Gasteiger partial charge in [0.2, 0.25) is 0 Å². The van der Waals surface area contributed by atoms with E-state index in [1.807, 2.05) is 37.3 Å². The number of aromatic carboxylic acids is 1. The van der Waals surface area contributed by atoms with Crippen LogP contribution in [0.3, 0.4) is 0 Å². The van der Waals surface area contributed by atoms with Crippen molar-refractivity contribution in [3.63, 3.8) is 0 Å². The first-order valence-electron chi connectivity index (χ1n) is 5.73. The lowest BCUT2D eigenvalue weighted by Crippen LogP contribution is -1.99. The van der Waals surface area contributed by atoms with Gasteiger partial charge in [-0.3, -0.25) is 0 Å². The van der Waals surface area contributed by atoms with Crippen molar-refractivity contribution < 1.29 is 9.90 Å². The molecule has 2 aromatic carbocycles. The maximum Gasteiger partial charge on any atom is 0.335 e. The van der Waals surface area contributed by atoms with Crippen LogP contribution >= 0.6 is 0 Å². The molecule has 0 aliphatic rings. The molecule has 0 bridgehead atoms. The Balaban J connectivity index is 2.52. The Kier molecular flexibility index (Phi) is 3.33. The number of carbonyl (C=O) groups is 1. The van der Waals surface area contributed by atoms with Crippen LogP contribution in [0.15, 0.2) is 42.5 Å². The highest BCUT2D eigenvalue weighted by Crippen LogP contribution is 2.25. The van der Waals surface area contributed by atoms with Crippen molar-refractivity contribution in [3.8, 4) is 11.1 Å². The molecule has 2 rings (SSSR count). The lowest BCUT2D eigenvalue weighted by Gasteiger charge is -2.08. The second-order valence-electron chi connectivity index (χ2n) is 4.22. The number of carboxylic acids is 1. The Hall–Kier alpha value is -2.29. The highest BCUT2D eigenvalue weighted by Gasteiger charge is 2.07. The second-order valence-corrected chi connectivity index (χ2v) is 4.22. The fourth-order valence-electron chi connectivity index (χ4n) is 1.81. The van der Waals surface area contributed by atoms with Gasteiger partial charge in [0.25, 0.3) is 0 Å². The van der Waals surface area contributed by atoms with Crippen LogP contribution in [0.25, 0.3) is 11.1 Å². The molecule has 0 aromatic heterocycles. The van der Waals surface area contributed by atoms with E-state index < -0.39 is 5.97 Å². The van der Waals surface area contributed by atoms with E-state index in [0.717, 1.165) is 16.8 Å². The van der Waals surface area contributed by atoms with Crippen LogP contribution in [0.1, 0.15) is 15.9 Å². The number of hydrogen-bond donors (Lipinski definition) is 2. The van der Waals surface area contributed by atoms with E-state index in [1.54, 1.807) is 19.2 Å². The summed E-state index contributed by atoms with van der Waals surface area (Å²) >= 11 is 0. The van der Waals surface area contributed by atoms with Crippen LogP contribution in [0.5, 0.6) is 0 Å². The number of benzene rings is 2. The molecule has 0 amide bonds. The molecule has 0 spiro atoms. The zero-order valence-electron chi connectivity index (χ0n) is 10.4. The van der Waals surface area contributed by atoms with Gasteiger partial charge in [0.05, 0.1) is 5.56 Å². The quantitative estimate of drug-likeness (QED) is 0.865. The highest BCUT2D eigenvalue weighted by atomic mass is 16.4. The van der Waals surface area contributed by atoms with Gasteiger partial charge in [-0.1, -0.05) is 29.8 Å².